The van der Waals surface area contributed by atoms with E-state index in [4.69, 9.17) is 0 Å². The molecular formula is C15H18BrN7O. The lowest BCUT2D eigenvalue weighted by atomic mass is 10.2. The van der Waals surface area contributed by atoms with Crippen molar-refractivity contribution in [2.24, 2.45) is 7.05 Å². The number of aryl methyl sites for hydroxylation is 1. The lowest BCUT2D eigenvalue weighted by Crippen LogP contribution is -2.27. The molecular weight excluding hydrogens is 374 g/mol. The van der Waals surface area contributed by atoms with Crippen LogP contribution in [0, 0.1) is 6.92 Å². The third-order valence-corrected chi connectivity index (χ3v) is 4.25. The molecule has 3 aromatic rings. The van der Waals surface area contributed by atoms with Gasteiger partial charge in [0.1, 0.15) is 12.4 Å². The second kappa shape index (κ2) is 6.60. The molecule has 0 aliphatic carbocycles. The Morgan fingerprint density at radius 2 is 2.08 bits per heavy atom. The molecule has 0 unspecified atom stereocenters. The van der Waals surface area contributed by atoms with Crippen LogP contribution in [0.3, 0.4) is 0 Å². The number of rotatable bonds is 5. The lowest BCUT2D eigenvalue weighted by Gasteiger charge is -2.15. The van der Waals surface area contributed by atoms with Crippen molar-refractivity contribution in [3.8, 4) is 0 Å². The van der Waals surface area contributed by atoms with Crippen LogP contribution in [0.1, 0.15) is 21.7 Å². The van der Waals surface area contributed by atoms with Gasteiger partial charge in [0.2, 0.25) is 0 Å². The molecule has 3 aromatic heterocycles. The molecule has 24 heavy (non-hydrogen) atoms. The van der Waals surface area contributed by atoms with Crippen LogP contribution in [0.25, 0.3) is 0 Å². The molecule has 0 aromatic carbocycles. The van der Waals surface area contributed by atoms with Gasteiger partial charge in [0.25, 0.3) is 5.91 Å². The highest BCUT2D eigenvalue weighted by Crippen LogP contribution is 2.11. The number of halogens is 1. The molecule has 0 aliphatic heterocycles. The normalized spacial score (nSPS) is 11.0. The van der Waals surface area contributed by atoms with E-state index in [-0.39, 0.29) is 5.91 Å². The summed E-state index contributed by atoms with van der Waals surface area (Å²) in [7, 11) is 3.65. The Hall–Kier alpha value is -2.42. The highest BCUT2D eigenvalue weighted by molar-refractivity contribution is 9.10. The summed E-state index contributed by atoms with van der Waals surface area (Å²) in [6.45, 7) is 2.93. The molecule has 0 saturated heterocycles. The highest BCUT2D eigenvalue weighted by atomic mass is 79.9. The number of aromatic nitrogens is 6. The molecule has 0 bridgehead atoms. The van der Waals surface area contributed by atoms with Crippen molar-refractivity contribution in [1.29, 1.82) is 0 Å². The van der Waals surface area contributed by atoms with E-state index in [1.165, 1.54) is 0 Å². The van der Waals surface area contributed by atoms with Gasteiger partial charge in [-0.2, -0.15) is 15.3 Å². The maximum atomic E-state index is 12.5. The van der Waals surface area contributed by atoms with E-state index in [0.717, 1.165) is 15.7 Å². The molecule has 3 heterocycles. The molecule has 126 valence electrons. The lowest BCUT2D eigenvalue weighted by molar-refractivity contribution is 0.0778. The van der Waals surface area contributed by atoms with E-state index in [0.29, 0.717) is 18.9 Å². The third kappa shape index (κ3) is 3.40. The van der Waals surface area contributed by atoms with Crippen molar-refractivity contribution >= 4 is 21.8 Å². The second-order valence-corrected chi connectivity index (χ2v) is 6.54. The van der Waals surface area contributed by atoms with E-state index >= 15 is 0 Å². The van der Waals surface area contributed by atoms with E-state index in [9.17, 15) is 4.79 Å². The van der Waals surface area contributed by atoms with E-state index in [1.54, 1.807) is 50.6 Å². The largest absolute Gasteiger partial charge is 0.336 e. The van der Waals surface area contributed by atoms with E-state index < -0.39 is 0 Å². The van der Waals surface area contributed by atoms with Crippen LogP contribution < -0.4 is 0 Å². The van der Waals surface area contributed by atoms with Gasteiger partial charge in [0, 0.05) is 44.3 Å². The van der Waals surface area contributed by atoms with Gasteiger partial charge < -0.3 is 4.90 Å². The van der Waals surface area contributed by atoms with Crippen molar-refractivity contribution in [2.75, 3.05) is 7.05 Å². The van der Waals surface area contributed by atoms with Crippen LogP contribution in [0.5, 0.6) is 0 Å². The number of carbonyl (C=O) groups excluding carboxylic acids is 1. The molecule has 1 amide bonds. The predicted octanol–water partition coefficient (Wildman–Crippen LogP) is 1.66. The van der Waals surface area contributed by atoms with E-state index in [1.807, 2.05) is 20.2 Å². The average molecular weight is 392 g/mol. The topological polar surface area (TPSA) is 73.8 Å². The molecule has 0 atom stereocenters. The zero-order valence-electron chi connectivity index (χ0n) is 13.7. The predicted molar refractivity (Wildman–Crippen MR) is 91.3 cm³/mol. The Morgan fingerprint density at radius 1 is 1.29 bits per heavy atom. The maximum absolute atomic E-state index is 12.5. The van der Waals surface area contributed by atoms with E-state index in [2.05, 4.69) is 31.2 Å². The molecule has 0 radical (unpaired) electrons. The first-order chi connectivity index (χ1) is 11.4. The van der Waals surface area contributed by atoms with Gasteiger partial charge in [-0.1, -0.05) is 0 Å². The van der Waals surface area contributed by atoms with Crippen LogP contribution in [0.4, 0.5) is 0 Å². The van der Waals surface area contributed by atoms with Gasteiger partial charge >= 0.3 is 0 Å². The van der Waals surface area contributed by atoms with Crippen molar-refractivity contribution in [3.05, 3.63) is 52.3 Å². The molecule has 0 N–H and O–H groups in total. The Morgan fingerprint density at radius 3 is 2.71 bits per heavy atom. The fraction of sp³-hybridized carbons (Fsp3) is 0.333. The zero-order valence-corrected chi connectivity index (χ0v) is 15.3. The van der Waals surface area contributed by atoms with Crippen LogP contribution in [-0.4, -0.2) is 47.2 Å². The standard InChI is InChI=1S/C15H18BrN7O/c1-11-12(6-17-21(11)3)8-20(2)15(24)14-4-5-22(19-14)10-23-9-13(16)7-18-23/h4-7,9H,8,10H2,1-3H3. The van der Waals surface area contributed by atoms with Crippen LogP contribution in [0.2, 0.25) is 0 Å². The summed E-state index contributed by atoms with van der Waals surface area (Å²) in [4.78, 5) is 14.2. The van der Waals surface area contributed by atoms with Crippen LogP contribution in [0.15, 0.2) is 35.3 Å². The van der Waals surface area contributed by atoms with Gasteiger partial charge in [-0.25, -0.2) is 4.68 Å². The average Bonchev–Trinajstić information content (AvgIpc) is 3.25. The number of nitrogens with zero attached hydrogens (tertiary/aromatic N) is 7. The minimum Gasteiger partial charge on any atom is -0.336 e. The fourth-order valence-corrected chi connectivity index (χ4v) is 2.67. The number of amides is 1. The fourth-order valence-electron chi connectivity index (χ4n) is 2.34. The zero-order chi connectivity index (χ0) is 17.3. The summed E-state index contributed by atoms with van der Waals surface area (Å²) >= 11 is 3.35. The Balaban J connectivity index is 1.67. The molecule has 9 heteroatoms. The Labute approximate surface area is 147 Å². The Kier molecular flexibility index (Phi) is 4.52. The van der Waals surface area contributed by atoms with Crippen molar-refractivity contribution in [3.63, 3.8) is 0 Å². The SMILES string of the molecule is Cc1c(CN(C)C(=O)c2ccn(Cn3cc(Br)cn3)n2)cnn1C. The molecule has 8 nitrogen and oxygen atoms in total. The summed E-state index contributed by atoms with van der Waals surface area (Å²) in [5.74, 6) is -0.126. The van der Waals surface area contributed by atoms with Gasteiger partial charge in [0.15, 0.2) is 0 Å². The van der Waals surface area contributed by atoms with Gasteiger partial charge in [-0.05, 0) is 28.9 Å². The van der Waals surface area contributed by atoms with Gasteiger partial charge in [-0.3, -0.25) is 14.2 Å². The number of hydrogen-bond acceptors (Lipinski definition) is 4. The quantitative estimate of drug-likeness (QED) is 0.662. The first kappa shape index (κ1) is 16.4. The van der Waals surface area contributed by atoms with Crippen LogP contribution in [-0.2, 0) is 20.3 Å². The molecule has 0 fully saturated rings. The first-order valence-electron chi connectivity index (χ1n) is 7.38. The molecule has 0 spiro atoms. The number of carbonyl (C=O) groups is 1. The molecule has 3 rings (SSSR count). The van der Waals surface area contributed by atoms with Crippen molar-refractivity contribution < 1.29 is 4.79 Å². The number of hydrogen-bond donors (Lipinski definition) is 0. The second-order valence-electron chi connectivity index (χ2n) is 5.62. The maximum Gasteiger partial charge on any atom is 0.274 e. The summed E-state index contributed by atoms with van der Waals surface area (Å²) in [6, 6.07) is 1.72. The first-order valence-corrected chi connectivity index (χ1v) is 8.17. The molecule has 0 aliphatic rings. The van der Waals surface area contributed by atoms with Crippen molar-refractivity contribution in [1.82, 2.24) is 34.2 Å². The van der Waals surface area contributed by atoms with Crippen molar-refractivity contribution in [2.45, 2.75) is 20.1 Å². The summed E-state index contributed by atoms with van der Waals surface area (Å²) < 4.78 is 6.10. The molecule has 0 saturated carbocycles. The van der Waals surface area contributed by atoms with Gasteiger partial charge in [0.05, 0.1) is 16.9 Å². The summed E-state index contributed by atoms with van der Waals surface area (Å²) in [5, 5.41) is 12.7. The highest BCUT2D eigenvalue weighted by Gasteiger charge is 2.17. The minimum atomic E-state index is -0.126. The minimum absolute atomic E-state index is 0.126. The summed E-state index contributed by atoms with van der Waals surface area (Å²) in [6.07, 6.45) is 7.11. The third-order valence-electron chi connectivity index (χ3n) is 3.84. The van der Waals surface area contributed by atoms with Crippen LogP contribution >= 0.6 is 15.9 Å². The monoisotopic (exact) mass is 391 g/mol. The Bertz CT molecular complexity index is 863. The van der Waals surface area contributed by atoms with Gasteiger partial charge in [-0.15, -0.1) is 0 Å². The smallest absolute Gasteiger partial charge is 0.274 e. The summed E-state index contributed by atoms with van der Waals surface area (Å²) in [5.41, 5.74) is 2.48.